The van der Waals surface area contributed by atoms with Gasteiger partial charge in [0, 0.05) is 5.69 Å². The lowest BCUT2D eigenvalue weighted by atomic mass is 10.1. The van der Waals surface area contributed by atoms with Gasteiger partial charge in [-0.2, -0.15) is 0 Å². The molecule has 0 spiro atoms. The normalized spacial score (nSPS) is 10.3. The second-order valence-corrected chi connectivity index (χ2v) is 6.83. The highest BCUT2D eigenvalue weighted by atomic mass is 79.9. The molecule has 0 radical (unpaired) electrons. The Labute approximate surface area is 174 Å². The monoisotopic (exact) mass is 451 g/mol. The van der Waals surface area contributed by atoms with Gasteiger partial charge in [-0.05, 0) is 52.7 Å². The molecule has 0 heterocycles. The second-order valence-electron chi connectivity index (χ2n) is 6.04. The van der Waals surface area contributed by atoms with Gasteiger partial charge in [-0.3, -0.25) is 4.79 Å². The van der Waals surface area contributed by atoms with Crippen LogP contribution in [0.1, 0.15) is 36.5 Å². The highest BCUT2D eigenvalue weighted by Gasteiger charge is 2.22. The van der Waals surface area contributed by atoms with Crippen molar-refractivity contribution in [2.45, 2.75) is 26.2 Å². The Morgan fingerprint density at radius 2 is 1.68 bits per heavy atom. The molecule has 0 saturated heterocycles. The minimum Gasteiger partial charge on any atom is -0.494 e. The molecule has 0 atom stereocenters. The topological polar surface area (TPSA) is 66.0 Å². The lowest BCUT2D eigenvalue weighted by molar-refractivity contribution is 0.102. The van der Waals surface area contributed by atoms with Gasteiger partial charge >= 0.3 is 0 Å². The maximum atomic E-state index is 12.8. The number of carbonyl (C=O) groups excluding carboxylic acids is 1. The Bertz CT molecular complexity index is 792. The number of benzene rings is 2. The lowest BCUT2D eigenvalue weighted by Crippen LogP contribution is -2.13. The number of hydrogen-bond acceptors (Lipinski definition) is 5. The summed E-state index contributed by atoms with van der Waals surface area (Å²) in [5.41, 5.74) is 1.03. The van der Waals surface area contributed by atoms with E-state index in [9.17, 15) is 4.79 Å². The highest BCUT2D eigenvalue weighted by Crippen LogP contribution is 2.44. The van der Waals surface area contributed by atoms with E-state index >= 15 is 0 Å². The maximum Gasteiger partial charge on any atom is 0.257 e. The van der Waals surface area contributed by atoms with Gasteiger partial charge in [0.15, 0.2) is 11.5 Å². The Hall–Kier alpha value is -2.41. The standard InChI is InChI=1S/C21H26BrNO5/c1-5-6-7-12-28-15-10-8-14(9-11-15)23-21(24)16-13-17(25-2)19(26-3)20(27-4)18(16)22/h8-11,13H,5-7,12H2,1-4H3,(H,23,24). The summed E-state index contributed by atoms with van der Waals surface area (Å²) in [6.07, 6.45) is 3.34. The largest absolute Gasteiger partial charge is 0.494 e. The number of unbranched alkanes of at least 4 members (excludes halogenated alkanes) is 2. The molecule has 6 nitrogen and oxygen atoms in total. The third-order valence-electron chi connectivity index (χ3n) is 4.14. The van der Waals surface area contributed by atoms with E-state index in [1.165, 1.54) is 21.3 Å². The molecule has 0 aliphatic heterocycles. The number of halogens is 1. The molecule has 1 N–H and O–H groups in total. The third kappa shape index (κ3) is 5.32. The predicted molar refractivity (Wildman–Crippen MR) is 113 cm³/mol. The summed E-state index contributed by atoms with van der Waals surface area (Å²) in [7, 11) is 4.52. The van der Waals surface area contributed by atoms with Crippen LogP contribution in [0.4, 0.5) is 5.69 Å². The van der Waals surface area contributed by atoms with E-state index in [4.69, 9.17) is 18.9 Å². The van der Waals surface area contributed by atoms with Crippen LogP contribution in [-0.4, -0.2) is 33.8 Å². The number of amides is 1. The number of nitrogens with one attached hydrogen (secondary N) is 1. The molecule has 152 valence electrons. The zero-order valence-electron chi connectivity index (χ0n) is 16.6. The van der Waals surface area contributed by atoms with Crippen molar-refractivity contribution in [2.75, 3.05) is 33.3 Å². The van der Waals surface area contributed by atoms with Crippen molar-refractivity contribution in [3.63, 3.8) is 0 Å². The first kappa shape index (κ1) is 21.9. The number of rotatable bonds is 10. The van der Waals surface area contributed by atoms with Gasteiger partial charge < -0.3 is 24.3 Å². The van der Waals surface area contributed by atoms with Gasteiger partial charge in [0.2, 0.25) is 5.75 Å². The predicted octanol–water partition coefficient (Wildman–Crippen LogP) is 5.30. The Morgan fingerprint density at radius 3 is 2.25 bits per heavy atom. The van der Waals surface area contributed by atoms with Crippen molar-refractivity contribution in [3.8, 4) is 23.0 Å². The van der Waals surface area contributed by atoms with Crippen LogP contribution in [0.2, 0.25) is 0 Å². The van der Waals surface area contributed by atoms with E-state index in [1.807, 2.05) is 12.1 Å². The van der Waals surface area contributed by atoms with E-state index < -0.39 is 0 Å². The molecule has 28 heavy (non-hydrogen) atoms. The van der Waals surface area contributed by atoms with Gasteiger partial charge in [-0.15, -0.1) is 0 Å². The van der Waals surface area contributed by atoms with E-state index in [0.717, 1.165) is 25.0 Å². The molecular weight excluding hydrogens is 426 g/mol. The zero-order chi connectivity index (χ0) is 20.5. The molecule has 0 aliphatic carbocycles. The van der Waals surface area contributed by atoms with Crippen LogP contribution in [0.3, 0.4) is 0 Å². The summed E-state index contributed by atoms with van der Waals surface area (Å²) < 4.78 is 22.2. The first-order chi connectivity index (χ1) is 13.5. The van der Waals surface area contributed by atoms with Gasteiger partial charge in [-0.1, -0.05) is 19.8 Å². The molecule has 0 bridgehead atoms. The highest BCUT2D eigenvalue weighted by molar-refractivity contribution is 9.10. The summed E-state index contributed by atoms with van der Waals surface area (Å²) in [5, 5.41) is 2.87. The van der Waals surface area contributed by atoms with E-state index in [1.54, 1.807) is 18.2 Å². The average molecular weight is 452 g/mol. The van der Waals surface area contributed by atoms with E-state index in [-0.39, 0.29) is 5.91 Å². The smallest absolute Gasteiger partial charge is 0.257 e. The van der Waals surface area contributed by atoms with Crippen LogP contribution in [0.5, 0.6) is 23.0 Å². The molecular formula is C21H26BrNO5. The van der Waals surface area contributed by atoms with Crippen LogP contribution >= 0.6 is 15.9 Å². The molecule has 0 unspecified atom stereocenters. The van der Waals surface area contributed by atoms with Crippen LogP contribution in [0, 0.1) is 0 Å². The first-order valence-electron chi connectivity index (χ1n) is 9.08. The molecule has 2 aromatic rings. The van der Waals surface area contributed by atoms with Crippen LogP contribution in [0.15, 0.2) is 34.8 Å². The van der Waals surface area contributed by atoms with Crippen LogP contribution < -0.4 is 24.3 Å². The summed E-state index contributed by atoms with van der Waals surface area (Å²) in [6.45, 7) is 2.85. The minimum absolute atomic E-state index is 0.303. The molecule has 2 rings (SSSR count). The number of carbonyl (C=O) groups is 1. The van der Waals surface area contributed by atoms with Crippen LogP contribution in [0.25, 0.3) is 0 Å². The number of hydrogen-bond donors (Lipinski definition) is 1. The minimum atomic E-state index is -0.303. The third-order valence-corrected chi connectivity index (χ3v) is 4.93. The first-order valence-corrected chi connectivity index (χ1v) is 9.87. The van der Waals surface area contributed by atoms with Crippen molar-refractivity contribution in [3.05, 3.63) is 40.4 Å². The number of anilines is 1. The summed E-state index contributed by atoms with van der Waals surface area (Å²) in [5.74, 6) is 1.69. The van der Waals surface area contributed by atoms with Crippen molar-refractivity contribution < 1.29 is 23.7 Å². The van der Waals surface area contributed by atoms with Crippen molar-refractivity contribution in [1.29, 1.82) is 0 Å². The van der Waals surface area contributed by atoms with Gasteiger partial charge in [0.05, 0.1) is 38.0 Å². The van der Waals surface area contributed by atoms with Gasteiger partial charge in [-0.25, -0.2) is 0 Å². The average Bonchev–Trinajstić information content (AvgIpc) is 2.71. The Morgan fingerprint density at radius 1 is 1.00 bits per heavy atom. The lowest BCUT2D eigenvalue weighted by Gasteiger charge is -2.16. The molecule has 0 aliphatic rings. The zero-order valence-corrected chi connectivity index (χ0v) is 18.2. The SMILES string of the molecule is CCCCCOc1ccc(NC(=O)c2cc(OC)c(OC)c(OC)c2Br)cc1. The van der Waals surface area contributed by atoms with Gasteiger partial charge in [0.25, 0.3) is 5.91 Å². The van der Waals surface area contributed by atoms with Crippen LogP contribution in [-0.2, 0) is 0 Å². The van der Waals surface area contributed by atoms with Gasteiger partial charge in [0.1, 0.15) is 5.75 Å². The van der Waals surface area contributed by atoms with Crippen molar-refractivity contribution >= 4 is 27.5 Å². The molecule has 0 aromatic heterocycles. The fourth-order valence-corrected chi connectivity index (χ4v) is 3.30. The fourth-order valence-electron chi connectivity index (χ4n) is 2.66. The summed E-state index contributed by atoms with van der Waals surface area (Å²) >= 11 is 3.42. The Balaban J connectivity index is 2.14. The maximum absolute atomic E-state index is 12.8. The van der Waals surface area contributed by atoms with E-state index in [2.05, 4.69) is 28.2 Å². The molecule has 1 amide bonds. The molecule has 0 saturated carbocycles. The quantitative estimate of drug-likeness (QED) is 0.496. The second kappa shape index (κ2) is 10.8. The van der Waals surface area contributed by atoms with E-state index in [0.29, 0.717) is 39.6 Å². The summed E-state index contributed by atoms with van der Waals surface area (Å²) in [4.78, 5) is 12.8. The Kier molecular flexibility index (Phi) is 8.44. The molecule has 2 aromatic carbocycles. The summed E-state index contributed by atoms with van der Waals surface area (Å²) in [6, 6.07) is 8.89. The van der Waals surface area contributed by atoms with Crippen molar-refractivity contribution in [1.82, 2.24) is 0 Å². The number of methoxy groups -OCH3 is 3. The van der Waals surface area contributed by atoms with Crippen molar-refractivity contribution in [2.24, 2.45) is 0 Å². The number of ether oxygens (including phenoxy) is 4. The fraction of sp³-hybridized carbons (Fsp3) is 0.381. The molecule has 0 fully saturated rings. The molecule has 7 heteroatoms.